The number of nitrogens with one attached hydrogen (secondary N) is 2. The van der Waals surface area contributed by atoms with Gasteiger partial charge in [0.2, 0.25) is 0 Å². The van der Waals surface area contributed by atoms with E-state index in [0.717, 1.165) is 17.1 Å². The van der Waals surface area contributed by atoms with Gasteiger partial charge in [0, 0.05) is 20.2 Å². The molecular weight excluding hydrogens is 466 g/mol. The van der Waals surface area contributed by atoms with E-state index >= 15 is 0 Å². The minimum Gasteiger partial charge on any atom is -0.376 e. The van der Waals surface area contributed by atoms with Gasteiger partial charge in [0.15, 0.2) is 0 Å². The minimum absolute atomic E-state index is 0.00492. The first-order valence-electron chi connectivity index (χ1n) is 11.3. The van der Waals surface area contributed by atoms with Crippen molar-refractivity contribution in [3.63, 3.8) is 0 Å². The van der Waals surface area contributed by atoms with Gasteiger partial charge < -0.3 is 15.4 Å². The van der Waals surface area contributed by atoms with Gasteiger partial charge in [-0.3, -0.25) is 13.9 Å². The lowest BCUT2D eigenvalue weighted by molar-refractivity contribution is 0.0858. The number of amides is 2. The van der Waals surface area contributed by atoms with E-state index in [-0.39, 0.29) is 28.2 Å². The number of para-hydroxylation sites is 2. The Labute approximate surface area is 205 Å². The molecule has 9 heteroatoms. The molecule has 4 rings (SSSR count). The molecule has 8 nitrogen and oxygen atoms in total. The van der Waals surface area contributed by atoms with E-state index in [9.17, 15) is 18.0 Å². The molecule has 0 radical (unpaired) electrons. The van der Waals surface area contributed by atoms with E-state index in [1.54, 1.807) is 66.7 Å². The molecule has 2 N–H and O–H groups in total. The molecule has 2 amide bonds. The Kier molecular flexibility index (Phi) is 7.48. The second-order valence-corrected chi connectivity index (χ2v) is 10.1. The Balaban J connectivity index is 1.55. The van der Waals surface area contributed by atoms with Gasteiger partial charge in [-0.25, -0.2) is 8.42 Å². The van der Waals surface area contributed by atoms with E-state index in [1.807, 2.05) is 0 Å². The number of carbonyl (C=O) groups excluding carboxylic acids is 2. The Morgan fingerprint density at radius 1 is 0.914 bits per heavy atom. The molecule has 1 atom stereocenters. The van der Waals surface area contributed by atoms with Gasteiger partial charge in [0.1, 0.15) is 0 Å². The molecule has 1 aliphatic heterocycles. The van der Waals surface area contributed by atoms with Crippen molar-refractivity contribution < 1.29 is 22.7 Å². The molecule has 0 bridgehead atoms. The maximum atomic E-state index is 13.3. The Morgan fingerprint density at radius 3 is 2.29 bits per heavy atom. The average Bonchev–Trinajstić information content (AvgIpc) is 3.41. The van der Waals surface area contributed by atoms with E-state index in [4.69, 9.17) is 4.74 Å². The summed E-state index contributed by atoms with van der Waals surface area (Å²) in [7, 11) is -2.48. The highest BCUT2D eigenvalue weighted by molar-refractivity contribution is 7.92. The van der Waals surface area contributed by atoms with Crippen LogP contribution in [0.4, 0.5) is 11.4 Å². The molecule has 0 unspecified atom stereocenters. The zero-order chi connectivity index (χ0) is 24.8. The number of rotatable bonds is 8. The van der Waals surface area contributed by atoms with Crippen molar-refractivity contribution in [1.29, 1.82) is 0 Å². The first-order chi connectivity index (χ1) is 16.9. The fourth-order valence-electron chi connectivity index (χ4n) is 3.91. The van der Waals surface area contributed by atoms with Gasteiger partial charge in [-0.05, 0) is 49.2 Å². The molecule has 182 valence electrons. The maximum absolute atomic E-state index is 13.3. The number of hydrogen-bond donors (Lipinski definition) is 2. The summed E-state index contributed by atoms with van der Waals surface area (Å²) in [5, 5.41) is 5.63. The highest BCUT2D eigenvalue weighted by atomic mass is 32.2. The minimum atomic E-state index is -3.88. The van der Waals surface area contributed by atoms with Crippen molar-refractivity contribution in [3.05, 3.63) is 90.0 Å². The van der Waals surface area contributed by atoms with Crippen LogP contribution in [0.1, 0.15) is 33.6 Å². The zero-order valence-electron chi connectivity index (χ0n) is 19.3. The Hall–Kier alpha value is -3.69. The van der Waals surface area contributed by atoms with Gasteiger partial charge in [-0.15, -0.1) is 0 Å². The van der Waals surface area contributed by atoms with Crippen molar-refractivity contribution in [2.75, 3.05) is 29.8 Å². The van der Waals surface area contributed by atoms with Crippen molar-refractivity contribution in [1.82, 2.24) is 5.32 Å². The third-order valence-electron chi connectivity index (χ3n) is 5.82. The summed E-state index contributed by atoms with van der Waals surface area (Å²) in [5.74, 6) is -0.858. The predicted molar refractivity (Wildman–Crippen MR) is 134 cm³/mol. The van der Waals surface area contributed by atoms with E-state index in [2.05, 4.69) is 10.6 Å². The lowest BCUT2D eigenvalue weighted by Gasteiger charge is -2.22. The fraction of sp³-hybridized carbons (Fsp3) is 0.231. The molecule has 1 aliphatic rings. The summed E-state index contributed by atoms with van der Waals surface area (Å²) in [6, 6.07) is 21.1. The van der Waals surface area contributed by atoms with Crippen LogP contribution in [0.2, 0.25) is 0 Å². The molecular formula is C26H27N3O5S. The molecule has 35 heavy (non-hydrogen) atoms. The fourth-order valence-corrected chi connectivity index (χ4v) is 5.14. The van der Waals surface area contributed by atoms with Crippen molar-refractivity contribution in [3.8, 4) is 0 Å². The van der Waals surface area contributed by atoms with Gasteiger partial charge in [0.25, 0.3) is 21.8 Å². The summed E-state index contributed by atoms with van der Waals surface area (Å²) in [6.45, 7) is 1.09. The predicted octanol–water partition coefficient (Wildman–Crippen LogP) is 3.67. The molecule has 0 spiro atoms. The second kappa shape index (κ2) is 10.7. The Morgan fingerprint density at radius 2 is 1.57 bits per heavy atom. The molecule has 1 saturated heterocycles. The van der Waals surface area contributed by atoms with Crippen molar-refractivity contribution in [2.45, 2.75) is 23.8 Å². The second-order valence-electron chi connectivity index (χ2n) is 8.15. The molecule has 0 aromatic heterocycles. The lowest BCUT2D eigenvalue weighted by Crippen LogP contribution is -2.32. The largest absolute Gasteiger partial charge is 0.376 e. The number of anilines is 2. The summed E-state index contributed by atoms with van der Waals surface area (Å²) >= 11 is 0. The van der Waals surface area contributed by atoms with Crippen LogP contribution in [0.15, 0.2) is 83.8 Å². The van der Waals surface area contributed by atoms with Crippen LogP contribution < -0.4 is 14.9 Å². The number of nitrogens with zero attached hydrogens (tertiary/aromatic N) is 1. The Bertz CT molecular complexity index is 1310. The van der Waals surface area contributed by atoms with Gasteiger partial charge in [-0.1, -0.05) is 42.5 Å². The van der Waals surface area contributed by atoms with Crippen molar-refractivity contribution >= 4 is 33.2 Å². The lowest BCUT2D eigenvalue weighted by atomic mass is 10.1. The number of ether oxygens (including phenoxy) is 1. The summed E-state index contributed by atoms with van der Waals surface area (Å²) in [4.78, 5) is 26.2. The standard InChI is InChI=1S/C26H27N3O5S/c1-29(35(32,33)20-11-3-2-4-12-20)24-16-8-6-14-22(24)26(31)28-23-15-7-5-13-21(23)25(30)27-18-19-10-9-17-34-19/h2-8,11-16,19H,9-10,17-18H2,1H3,(H,27,30)(H,28,31)/t19-/m1/s1. The molecule has 3 aromatic rings. The van der Waals surface area contributed by atoms with Gasteiger partial charge >= 0.3 is 0 Å². The maximum Gasteiger partial charge on any atom is 0.264 e. The summed E-state index contributed by atoms with van der Waals surface area (Å²) < 4.78 is 32.9. The number of carbonyl (C=O) groups is 2. The highest BCUT2D eigenvalue weighted by Crippen LogP contribution is 2.27. The SMILES string of the molecule is CN(c1ccccc1C(=O)Nc1ccccc1C(=O)NC[C@H]1CCCO1)S(=O)(=O)c1ccccc1. The normalized spacial score (nSPS) is 15.4. The van der Waals surface area contributed by atoms with Crippen LogP contribution >= 0.6 is 0 Å². The van der Waals surface area contributed by atoms with Crippen LogP contribution in [0.3, 0.4) is 0 Å². The topological polar surface area (TPSA) is 105 Å². The highest BCUT2D eigenvalue weighted by Gasteiger charge is 2.25. The monoisotopic (exact) mass is 493 g/mol. The molecule has 1 heterocycles. The number of hydrogen-bond acceptors (Lipinski definition) is 5. The smallest absolute Gasteiger partial charge is 0.264 e. The van der Waals surface area contributed by atoms with Gasteiger partial charge in [-0.2, -0.15) is 0 Å². The number of benzene rings is 3. The summed E-state index contributed by atoms with van der Waals surface area (Å²) in [5.41, 5.74) is 1.01. The first-order valence-corrected chi connectivity index (χ1v) is 12.7. The van der Waals surface area contributed by atoms with Gasteiger partial charge in [0.05, 0.1) is 33.5 Å². The average molecular weight is 494 g/mol. The quantitative estimate of drug-likeness (QED) is 0.498. The van der Waals surface area contributed by atoms with Crippen LogP contribution in [-0.4, -0.2) is 46.5 Å². The van der Waals surface area contributed by atoms with Crippen molar-refractivity contribution in [2.24, 2.45) is 0 Å². The molecule has 3 aromatic carbocycles. The third kappa shape index (κ3) is 5.52. The third-order valence-corrected chi connectivity index (χ3v) is 7.61. The van der Waals surface area contributed by atoms with Crippen LogP contribution in [0, 0.1) is 0 Å². The molecule has 0 saturated carbocycles. The van der Waals surface area contributed by atoms with Crippen LogP contribution in [-0.2, 0) is 14.8 Å². The van der Waals surface area contributed by atoms with E-state index < -0.39 is 15.9 Å². The molecule has 0 aliphatic carbocycles. The van der Waals surface area contributed by atoms with Crippen LogP contribution in [0.5, 0.6) is 0 Å². The van der Waals surface area contributed by atoms with Crippen LogP contribution in [0.25, 0.3) is 0 Å². The summed E-state index contributed by atoms with van der Waals surface area (Å²) in [6.07, 6.45) is 1.87. The first kappa shape index (κ1) is 24.4. The van der Waals surface area contributed by atoms with E-state index in [1.165, 1.54) is 19.2 Å². The number of sulfonamides is 1. The molecule has 1 fully saturated rings. The van der Waals surface area contributed by atoms with E-state index in [0.29, 0.717) is 24.4 Å². The zero-order valence-corrected chi connectivity index (χ0v) is 20.1.